The molecule has 0 saturated carbocycles. The van der Waals surface area contributed by atoms with Crippen LogP contribution in [0.5, 0.6) is 0 Å². The molecule has 0 spiro atoms. The van der Waals surface area contributed by atoms with Crippen LogP contribution in [0.4, 0.5) is 0 Å². The van der Waals surface area contributed by atoms with Crippen molar-refractivity contribution in [2.45, 2.75) is 11.6 Å². The summed E-state index contributed by atoms with van der Waals surface area (Å²) in [6, 6.07) is -0.320. The predicted molar refractivity (Wildman–Crippen MR) is 56.4 cm³/mol. The van der Waals surface area contributed by atoms with Crippen molar-refractivity contribution in [1.82, 2.24) is 10.6 Å². The molecule has 1 heterocycles. The zero-order chi connectivity index (χ0) is 11.3. The van der Waals surface area contributed by atoms with Gasteiger partial charge >= 0.3 is 0 Å². The topological polar surface area (TPSA) is 102 Å². The molecule has 1 rings (SSSR count). The lowest BCUT2D eigenvalue weighted by Crippen LogP contribution is -2.60. The largest absolute Gasteiger partial charge is 0.394 e. The smallest absolute Gasteiger partial charge is 0.238 e. The average Bonchev–Trinajstić information content (AvgIpc) is 2.79. The van der Waals surface area contributed by atoms with Gasteiger partial charge in [-0.15, -0.1) is 11.8 Å². The Bertz CT molecular complexity index is 208. The summed E-state index contributed by atoms with van der Waals surface area (Å²) >= 11 is 1.60. The Morgan fingerprint density at radius 1 is 1.40 bits per heavy atom. The highest BCUT2D eigenvalue weighted by atomic mass is 32.2. The number of nitrogens with one attached hydrogen (secondary N) is 2. The van der Waals surface area contributed by atoms with Gasteiger partial charge in [-0.05, 0) is 0 Å². The minimum absolute atomic E-state index is 0.308. The second-order valence-corrected chi connectivity index (χ2v) is 4.55. The molecule has 1 fully saturated rings. The first-order valence-corrected chi connectivity index (χ1v) is 5.78. The van der Waals surface area contributed by atoms with Crippen molar-refractivity contribution in [2.75, 3.05) is 31.5 Å². The lowest BCUT2D eigenvalue weighted by Gasteiger charge is -2.29. The van der Waals surface area contributed by atoms with E-state index in [2.05, 4.69) is 10.6 Å². The highest BCUT2D eigenvalue weighted by Gasteiger charge is 2.33. The van der Waals surface area contributed by atoms with Crippen molar-refractivity contribution in [3.05, 3.63) is 0 Å². The van der Waals surface area contributed by atoms with E-state index in [0.29, 0.717) is 11.6 Å². The maximum absolute atomic E-state index is 11.6. The van der Waals surface area contributed by atoms with E-state index in [1.54, 1.807) is 11.8 Å². The summed E-state index contributed by atoms with van der Waals surface area (Å²) < 4.78 is 0. The molecule has 0 aromatic heterocycles. The summed E-state index contributed by atoms with van der Waals surface area (Å²) in [5.41, 5.74) is -1.33. The van der Waals surface area contributed by atoms with E-state index in [0.717, 1.165) is 0 Å². The van der Waals surface area contributed by atoms with Gasteiger partial charge in [0.25, 0.3) is 0 Å². The van der Waals surface area contributed by atoms with Crippen molar-refractivity contribution in [3.63, 3.8) is 0 Å². The molecule has 7 heteroatoms. The standard InChI is InChI=1S/C8H16N2O4S/c11-2-8(3-12,4-13)10-7(14)6-1-15-5-9-6/h6,9,11-13H,1-5H2,(H,10,14). The zero-order valence-corrected chi connectivity index (χ0v) is 9.09. The second-order valence-electron chi connectivity index (χ2n) is 3.52. The minimum Gasteiger partial charge on any atom is -0.394 e. The first-order chi connectivity index (χ1) is 7.17. The molecule has 0 radical (unpaired) electrons. The van der Waals surface area contributed by atoms with Crippen LogP contribution in [0.2, 0.25) is 0 Å². The Hall–Kier alpha value is -0.340. The molecular weight excluding hydrogens is 220 g/mol. The van der Waals surface area contributed by atoms with E-state index in [1.165, 1.54) is 0 Å². The molecule has 0 aliphatic carbocycles. The van der Waals surface area contributed by atoms with Crippen molar-refractivity contribution in [3.8, 4) is 0 Å². The van der Waals surface area contributed by atoms with E-state index >= 15 is 0 Å². The molecule has 1 aliphatic heterocycles. The van der Waals surface area contributed by atoms with Gasteiger partial charge in [0.2, 0.25) is 5.91 Å². The Morgan fingerprint density at radius 2 is 2.00 bits per heavy atom. The van der Waals surface area contributed by atoms with Crippen molar-refractivity contribution in [2.24, 2.45) is 0 Å². The van der Waals surface area contributed by atoms with Crippen LogP contribution in [0.15, 0.2) is 0 Å². The molecule has 15 heavy (non-hydrogen) atoms. The SMILES string of the molecule is O=C(NC(CO)(CO)CO)C1CSCN1. The number of aliphatic hydroxyl groups is 3. The van der Waals surface area contributed by atoms with E-state index in [1.807, 2.05) is 0 Å². The number of rotatable bonds is 5. The lowest BCUT2D eigenvalue weighted by atomic mass is 10.0. The van der Waals surface area contributed by atoms with Gasteiger partial charge in [0, 0.05) is 11.6 Å². The summed E-state index contributed by atoms with van der Waals surface area (Å²) in [6.45, 7) is -1.48. The van der Waals surface area contributed by atoms with Crippen LogP contribution >= 0.6 is 11.8 Å². The third-order valence-corrected chi connectivity index (χ3v) is 3.27. The minimum atomic E-state index is -1.33. The van der Waals surface area contributed by atoms with Crippen molar-refractivity contribution in [1.29, 1.82) is 0 Å². The Morgan fingerprint density at radius 3 is 2.40 bits per heavy atom. The Kier molecular flexibility index (Phi) is 4.81. The number of carbonyl (C=O) groups is 1. The molecule has 1 saturated heterocycles. The molecule has 0 aromatic rings. The van der Waals surface area contributed by atoms with Crippen LogP contribution < -0.4 is 10.6 Å². The summed E-state index contributed by atoms with van der Waals surface area (Å²) in [7, 11) is 0. The van der Waals surface area contributed by atoms with Crippen molar-refractivity contribution >= 4 is 17.7 Å². The fourth-order valence-corrected chi connectivity index (χ4v) is 2.12. The Balaban J connectivity index is 2.53. The van der Waals surface area contributed by atoms with E-state index < -0.39 is 25.4 Å². The van der Waals surface area contributed by atoms with Crippen LogP contribution in [0.1, 0.15) is 0 Å². The summed E-state index contributed by atoms with van der Waals surface area (Å²) in [5.74, 6) is 1.06. The fraction of sp³-hybridized carbons (Fsp3) is 0.875. The molecule has 1 atom stereocenters. The van der Waals surface area contributed by atoms with Gasteiger partial charge in [-0.25, -0.2) is 0 Å². The van der Waals surface area contributed by atoms with Gasteiger partial charge in [0.05, 0.1) is 25.9 Å². The molecule has 1 aliphatic rings. The van der Waals surface area contributed by atoms with Gasteiger partial charge in [-0.2, -0.15) is 0 Å². The van der Waals surface area contributed by atoms with Crippen LogP contribution in [0.25, 0.3) is 0 Å². The van der Waals surface area contributed by atoms with Crippen LogP contribution in [0, 0.1) is 0 Å². The van der Waals surface area contributed by atoms with E-state index in [-0.39, 0.29) is 11.9 Å². The number of thioether (sulfide) groups is 1. The highest BCUT2D eigenvalue weighted by molar-refractivity contribution is 7.99. The first-order valence-electron chi connectivity index (χ1n) is 4.63. The molecule has 0 bridgehead atoms. The monoisotopic (exact) mass is 236 g/mol. The van der Waals surface area contributed by atoms with Crippen LogP contribution in [-0.2, 0) is 4.79 Å². The van der Waals surface area contributed by atoms with Crippen molar-refractivity contribution < 1.29 is 20.1 Å². The summed E-state index contributed by atoms with van der Waals surface area (Å²) in [4.78, 5) is 11.6. The number of aliphatic hydroxyl groups excluding tert-OH is 3. The van der Waals surface area contributed by atoms with Gasteiger partial charge in [0.1, 0.15) is 5.54 Å². The van der Waals surface area contributed by atoms with E-state index in [4.69, 9.17) is 15.3 Å². The number of amides is 1. The van der Waals surface area contributed by atoms with Gasteiger partial charge in [-0.1, -0.05) is 0 Å². The molecule has 1 unspecified atom stereocenters. The molecule has 6 nitrogen and oxygen atoms in total. The maximum atomic E-state index is 11.6. The molecule has 0 aromatic carbocycles. The lowest BCUT2D eigenvalue weighted by molar-refractivity contribution is -0.126. The molecule has 88 valence electrons. The highest BCUT2D eigenvalue weighted by Crippen LogP contribution is 2.11. The quantitative estimate of drug-likeness (QED) is 0.361. The van der Waals surface area contributed by atoms with Crippen LogP contribution in [0.3, 0.4) is 0 Å². The maximum Gasteiger partial charge on any atom is 0.238 e. The first kappa shape index (κ1) is 12.7. The average molecular weight is 236 g/mol. The molecule has 1 amide bonds. The summed E-state index contributed by atoms with van der Waals surface area (Å²) in [6.07, 6.45) is 0. The third kappa shape index (κ3) is 3.05. The summed E-state index contributed by atoms with van der Waals surface area (Å²) in [5, 5.41) is 32.4. The second kappa shape index (κ2) is 5.66. The number of carbonyl (C=O) groups excluding carboxylic acids is 1. The third-order valence-electron chi connectivity index (χ3n) is 2.33. The fourth-order valence-electron chi connectivity index (χ4n) is 1.18. The number of hydrogen-bond acceptors (Lipinski definition) is 6. The van der Waals surface area contributed by atoms with Crippen LogP contribution in [-0.4, -0.2) is 64.3 Å². The van der Waals surface area contributed by atoms with E-state index in [9.17, 15) is 4.79 Å². The zero-order valence-electron chi connectivity index (χ0n) is 8.27. The van der Waals surface area contributed by atoms with Gasteiger partial charge < -0.3 is 20.6 Å². The van der Waals surface area contributed by atoms with Gasteiger partial charge in [0.15, 0.2) is 0 Å². The Labute approximate surface area is 92.1 Å². The predicted octanol–water partition coefficient (Wildman–Crippen LogP) is -2.52. The molecular formula is C8H16N2O4S. The molecule has 5 N–H and O–H groups in total. The van der Waals surface area contributed by atoms with Gasteiger partial charge in [-0.3, -0.25) is 10.1 Å². The normalized spacial score (nSPS) is 21.7. The number of hydrogen-bond donors (Lipinski definition) is 5.